The van der Waals surface area contributed by atoms with Crippen molar-refractivity contribution in [2.45, 2.75) is 30.1 Å². The second kappa shape index (κ2) is 5.45. The maximum atomic E-state index is 10.9. The molecule has 3 nitrogen and oxygen atoms in total. The third kappa shape index (κ3) is 2.76. The Morgan fingerprint density at radius 3 is 2.05 bits per heavy atom. The molecule has 4 heteroatoms. The molecule has 1 heterocycles. The summed E-state index contributed by atoms with van der Waals surface area (Å²) in [6.07, 6.45) is 0.130. The van der Waals surface area contributed by atoms with Crippen molar-refractivity contribution in [3.8, 4) is 0 Å². The van der Waals surface area contributed by atoms with E-state index in [9.17, 15) is 4.79 Å². The molecule has 0 unspecified atom stereocenters. The molecule has 0 bridgehead atoms. The highest BCUT2D eigenvalue weighted by atomic mass is 32.2. The van der Waals surface area contributed by atoms with Gasteiger partial charge >= 0.3 is 5.97 Å². The van der Waals surface area contributed by atoms with Crippen molar-refractivity contribution in [1.82, 2.24) is 0 Å². The van der Waals surface area contributed by atoms with Gasteiger partial charge in [-0.05, 0) is 49.2 Å². The lowest BCUT2D eigenvalue weighted by molar-refractivity contribution is -0.136. The van der Waals surface area contributed by atoms with Crippen LogP contribution in [0.2, 0.25) is 0 Å². The molecule has 21 heavy (non-hydrogen) atoms. The average molecular weight is 299 g/mol. The van der Waals surface area contributed by atoms with E-state index in [-0.39, 0.29) is 6.42 Å². The topological polar surface area (TPSA) is 40.5 Å². The van der Waals surface area contributed by atoms with Gasteiger partial charge in [-0.1, -0.05) is 23.9 Å². The minimum atomic E-state index is -0.768. The fraction of sp³-hybridized carbons (Fsp3) is 0.235. The fourth-order valence-electron chi connectivity index (χ4n) is 2.55. The van der Waals surface area contributed by atoms with Crippen LogP contribution in [0.3, 0.4) is 0 Å². The molecular formula is C17H17NO2S. The summed E-state index contributed by atoms with van der Waals surface area (Å²) in [5.74, 6) is -0.768. The first-order valence-electron chi connectivity index (χ1n) is 6.93. The molecule has 0 saturated heterocycles. The van der Waals surface area contributed by atoms with Gasteiger partial charge in [0.15, 0.2) is 0 Å². The summed E-state index contributed by atoms with van der Waals surface area (Å²) in [6.45, 7) is 4.64. The highest BCUT2D eigenvalue weighted by Crippen LogP contribution is 2.48. The number of anilines is 2. The third-order valence-corrected chi connectivity index (χ3v) is 4.68. The first-order chi connectivity index (χ1) is 10.0. The lowest BCUT2D eigenvalue weighted by atomic mass is 10.1. The molecule has 108 valence electrons. The number of nitrogens with zero attached hydrogens (tertiary/aromatic N) is 1. The van der Waals surface area contributed by atoms with Gasteiger partial charge in [-0.3, -0.25) is 4.79 Å². The van der Waals surface area contributed by atoms with Crippen LogP contribution in [0.25, 0.3) is 0 Å². The largest absolute Gasteiger partial charge is 0.481 e. The Balaban J connectivity index is 2.07. The smallest absolute Gasteiger partial charge is 0.305 e. The van der Waals surface area contributed by atoms with E-state index in [0.29, 0.717) is 6.54 Å². The molecule has 1 aliphatic rings. The van der Waals surface area contributed by atoms with Crippen LogP contribution in [0, 0.1) is 13.8 Å². The molecule has 0 spiro atoms. The Morgan fingerprint density at radius 1 is 1.05 bits per heavy atom. The summed E-state index contributed by atoms with van der Waals surface area (Å²) < 4.78 is 0. The zero-order valence-electron chi connectivity index (χ0n) is 12.1. The molecular weight excluding hydrogens is 282 g/mol. The molecule has 0 radical (unpaired) electrons. The van der Waals surface area contributed by atoms with Crippen LogP contribution < -0.4 is 4.90 Å². The van der Waals surface area contributed by atoms with Crippen molar-refractivity contribution in [3.05, 3.63) is 47.5 Å². The highest BCUT2D eigenvalue weighted by Gasteiger charge is 2.23. The quantitative estimate of drug-likeness (QED) is 0.913. The Morgan fingerprint density at radius 2 is 1.57 bits per heavy atom. The summed E-state index contributed by atoms with van der Waals surface area (Å²) in [7, 11) is 0. The standard InChI is InChI=1S/C17H17NO2S/c1-11-3-5-13-15(9-11)21-16-10-12(2)4-6-14(16)18(13)8-7-17(19)20/h3-6,9-10H,7-8H2,1-2H3,(H,19,20). The first kappa shape index (κ1) is 14.0. The molecule has 3 rings (SSSR count). The Bertz CT molecular complexity index is 660. The van der Waals surface area contributed by atoms with Crippen molar-refractivity contribution in [2.24, 2.45) is 0 Å². The normalized spacial score (nSPS) is 12.8. The van der Waals surface area contributed by atoms with Crippen molar-refractivity contribution in [1.29, 1.82) is 0 Å². The number of hydrogen-bond donors (Lipinski definition) is 1. The summed E-state index contributed by atoms with van der Waals surface area (Å²) in [5, 5.41) is 9.00. The van der Waals surface area contributed by atoms with Gasteiger partial charge in [-0.2, -0.15) is 0 Å². The van der Waals surface area contributed by atoms with Crippen LogP contribution in [-0.4, -0.2) is 17.6 Å². The number of carboxylic acid groups (broad SMARTS) is 1. The van der Waals surface area contributed by atoms with E-state index in [2.05, 4.69) is 55.1 Å². The SMILES string of the molecule is Cc1ccc2c(c1)Sc1cc(C)ccc1N2CCC(=O)O. The molecule has 0 fully saturated rings. The van der Waals surface area contributed by atoms with Crippen LogP contribution in [0.4, 0.5) is 11.4 Å². The Kier molecular flexibility index (Phi) is 3.64. The van der Waals surface area contributed by atoms with E-state index in [0.717, 1.165) is 11.4 Å². The lowest BCUT2D eigenvalue weighted by Crippen LogP contribution is -2.23. The minimum Gasteiger partial charge on any atom is -0.481 e. The second-order valence-electron chi connectivity index (χ2n) is 5.34. The maximum Gasteiger partial charge on any atom is 0.305 e. The summed E-state index contributed by atoms with van der Waals surface area (Å²) in [4.78, 5) is 15.4. The van der Waals surface area contributed by atoms with Crippen LogP contribution in [0.15, 0.2) is 46.2 Å². The van der Waals surface area contributed by atoms with Gasteiger partial charge < -0.3 is 10.0 Å². The molecule has 0 aromatic heterocycles. The van der Waals surface area contributed by atoms with Gasteiger partial charge in [-0.15, -0.1) is 0 Å². The van der Waals surface area contributed by atoms with Crippen molar-refractivity contribution < 1.29 is 9.90 Å². The van der Waals surface area contributed by atoms with E-state index in [1.807, 2.05) is 0 Å². The number of aryl methyl sites for hydroxylation is 2. The number of carbonyl (C=O) groups is 1. The molecule has 0 saturated carbocycles. The summed E-state index contributed by atoms with van der Waals surface area (Å²) in [5.41, 5.74) is 4.64. The van der Waals surface area contributed by atoms with Crippen molar-refractivity contribution in [2.75, 3.05) is 11.4 Å². The average Bonchev–Trinajstić information content (AvgIpc) is 2.42. The predicted molar refractivity (Wildman–Crippen MR) is 85.7 cm³/mol. The molecule has 2 aromatic carbocycles. The van der Waals surface area contributed by atoms with E-state index in [1.165, 1.54) is 20.9 Å². The molecule has 0 aliphatic carbocycles. The van der Waals surface area contributed by atoms with Crippen LogP contribution in [0.5, 0.6) is 0 Å². The van der Waals surface area contributed by atoms with Crippen LogP contribution >= 0.6 is 11.8 Å². The first-order valence-corrected chi connectivity index (χ1v) is 7.75. The maximum absolute atomic E-state index is 10.9. The minimum absolute atomic E-state index is 0.130. The Hall–Kier alpha value is -1.94. The fourth-order valence-corrected chi connectivity index (χ4v) is 3.84. The number of aliphatic carboxylic acids is 1. The zero-order valence-corrected chi connectivity index (χ0v) is 12.9. The molecule has 0 atom stereocenters. The van der Waals surface area contributed by atoms with Crippen LogP contribution in [0.1, 0.15) is 17.5 Å². The number of benzene rings is 2. The molecule has 0 amide bonds. The number of carboxylic acids is 1. The van der Waals surface area contributed by atoms with E-state index < -0.39 is 5.97 Å². The van der Waals surface area contributed by atoms with Gasteiger partial charge in [0.25, 0.3) is 0 Å². The van der Waals surface area contributed by atoms with Crippen molar-refractivity contribution >= 4 is 29.1 Å². The number of fused-ring (bicyclic) bond motifs is 2. The molecule has 2 aromatic rings. The van der Waals surface area contributed by atoms with E-state index >= 15 is 0 Å². The van der Waals surface area contributed by atoms with Crippen LogP contribution in [-0.2, 0) is 4.79 Å². The van der Waals surface area contributed by atoms with Crippen molar-refractivity contribution in [3.63, 3.8) is 0 Å². The predicted octanol–water partition coefficient (Wildman–Crippen LogP) is 4.38. The van der Waals surface area contributed by atoms with Gasteiger partial charge in [-0.25, -0.2) is 0 Å². The number of hydrogen-bond acceptors (Lipinski definition) is 3. The van der Waals surface area contributed by atoms with E-state index in [4.69, 9.17) is 5.11 Å². The van der Waals surface area contributed by atoms with Gasteiger partial charge in [0.1, 0.15) is 0 Å². The molecule has 1 aliphatic heterocycles. The monoisotopic (exact) mass is 299 g/mol. The number of rotatable bonds is 3. The highest BCUT2D eigenvalue weighted by molar-refractivity contribution is 7.99. The third-order valence-electron chi connectivity index (χ3n) is 3.58. The van der Waals surface area contributed by atoms with Gasteiger partial charge in [0, 0.05) is 16.3 Å². The molecule has 1 N–H and O–H groups in total. The van der Waals surface area contributed by atoms with Gasteiger partial charge in [0.05, 0.1) is 17.8 Å². The Labute approximate surface area is 128 Å². The van der Waals surface area contributed by atoms with Gasteiger partial charge in [0.2, 0.25) is 0 Å². The lowest BCUT2D eigenvalue weighted by Gasteiger charge is -2.33. The second-order valence-corrected chi connectivity index (χ2v) is 6.42. The zero-order chi connectivity index (χ0) is 15.0. The van der Waals surface area contributed by atoms with E-state index in [1.54, 1.807) is 11.8 Å². The summed E-state index contributed by atoms with van der Waals surface area (Å²) >= 11 is 1.76. The summed E-state index contributed by atoms with van der Waals surface area (Å²) in [6, 6.07) is 12.7.